The van der Waals surface area contributed by atoms with Crippen molar-refractivity contribution in [2.75, 3.05) is 4.31 Å². The minimum atomic E-state index is -6.28. The highest BCUT2D eigenvalue weighted by molar-refractivity contribution is 7.93. The van der Waals surface area contributed by atoms with Gasteiger partial charge in [-0.3, -0.25) is 4.79 Å². The molecule has 32 heavy (non-hydrogen) atoms. The van der Waals surface area contributed by atoms with Gasteiger partial charge in [0.2, 0.25) is 0 Å². The summed E-state index contributed by atoms with van der Waals surface area (Å²) in [7, 11) is -12.5. The molecule has 1 unspecified atom stereocenters. The summed E-state index contributed by atoms with van der Waals surface area (Å²) >= 11 is 0. The van der Waals surface area contributed by atoms with Crippen LogP contribution in [0.15, 0.2) is 18.6 Å². The molecule has 2 aliphatic rings. The fraction of sp³-hybridized carbons (Fsp3) is 0.600. The Morgan fingerprint density at radius 3 is 2.00 bits per heavy atom. The number of imidazole rings is 1. The molecule has 1 aliphatic heterocycles. The lowest BCUT2D eigenvalue weighted by atomic mass is 9.64. The van der Waals surface area contributed by atoms with E-state index in [0.29, 0.717) is 31.5 Å². The first-order valence-electron chi connectivity index (χ1n) is 8.90. The van der Waals surface area contributed by atoms with E-state index in [4.69, 9.17) is 0 Å². The Morgan fingerprint density at radius 1 is 1.00 bits per heavy atom. The van der Waals surface area contributed by atoms with Crippen molar-refractivity contribution in [3.8, 4) is 0 Å². The molecule has 1 N–H and O–H groups in total. The number of nitrogens with zero attached hydrogens (tertiary/aromatic N) is 3. The Morgan fingerprint density at radius 2 is 1.53 bits per heavy atom. The Bertz CT molecular complexity index is 1160. The predicted octanol–water partition coefficient (Wildman–Crippen LogP) is 2.88. The fourth-order valence-electron chi connectivity index (χ4n) is 4.00. The van der Waals surface area contributed by atoms with E-state index in [9.17, 15) is 53.1 Å². The zero-order valence-electron chi connectivity index (χ0n) is 15.8. The van der Waals surface area contributed by atoms with Gasteiger partial charge in [-0.25, -0.2) is 13.3 Å². The van der Waals surface area contributed by atoms with Crippen molar-refractivity contribution in [3.05, 3.63) is 24.3 Å². The zero-order chi connectivity index (χ0) is 24.3. The molecule has 3 rings (SSSR count). The van der Waals surface area contributed by atoms with Crippen LogP contribution in [-0.4, -0.2) is 47.9 Å². The van der Waals surface area contributed by atoms with Gasteiger partial charge >= 0.3 is 37.0 Å². The van der Waals surface area contributed by atoms with E-state index in [1.54, 1.807) is 0 Å². The van der Waals surface area contributed by atoms with E-state index in [1.807, 2.05) is 0 Å². The number of alkyl halides is 6. The standard InChI is InChI=1S/C15H15F6N3O6S2/c16-14(17,18)31(27,28)23-7-4-9(13(12(25)26)5-2-1-3-6-13)10-11(23)22-8-24(10)32(29,30)15(19,20)21/h4,7-9H,1-3,5-6H2,(H,25,26). The molecule has 0 spiro atoms. The van der Waals surface area contributed by atoms with E-state index in [2.05, 4.69) is 4.98 Å². The zero-order valence-corrected chi connectivity index (χ0v) is 17.4. The maximum atomic E-state index is 13.2. The lowest BCUT2D eigenvalue weighted by molar-refractivity contribution is -0.152. The molecule has 1 aromatic heterocycles. The van der Waals surface area contributed by atoms with Gasteiger partial charge in [-0.1, -0.05) is 25.3 Å². The molecular weight excluding hydrogens is 496 g/mol. The second kappa shape index (κ2) is 7.36. The number of hydrogen-bond acceptors (Lipinski definition) is 6. The summed E-state index contributed by atoms with van der Waals surface area (Å²) in [5.74, 6) is -4.48. The van der Waals surface area contributed by atoms with Gasteiger partial charge in [0.25, 0.3) is 0 Å². The van der Waals surface area contributed by atoms with Gasteiger partial charge in [-0.05, 0) is 12.8 Å². The van der Waals surface area contributed by atoms with Crippen LogP contribution in [0.3, 0.4) is 0 Å². The first-order chi connectivity index (χ1) is 14.5. The number of allylic oxidation sites excluding steroid dienone is 1. The van der Waals surface area contributed by atoms with Crippen LogP contribution in [0.25, 0.3) is 0 Å². The Labute approximate surface area is 177 Å². The number of fused-ring (bicyclic) bond motifs is 1. The van der Waals surface area contributed by atoms with Crippen LogP contribution in [0.4, 0.5) is 32.2 Å². The minimum Gasteiger partial charge on any atom is -0.481 e. The molecule has 1 aliphatic carbocycles. The summed E-state index contributed by atoms with van der Waals surface area (Å²) in [4.78, 5) is 15.4. The molecule has 0 bridgehead atoms. The number of halogens is 6. The van der Waals surface area contributed by atoms with Crippen LogP contribution < -0.4 is 4.31 Å². The predicted molar refractivity (Wildman–Crippen MR) is 95.1 cm³/mol. The Kier molecular flexibility index (Phi) is 5.60. The summed E-state index contributed by atoms with van der Waals surface area (Å²) in [5, 5.41) is 9.87. The molecule has 0 aromatic carbocycles. The summed E-state index contributed by atoms with van der Waals surface area (Å²) in [6.07, 6.45) is 1.95. The number of aliphatic carboxylic acids is 1. The maximum absolute atomic E-state index is 13.2. The second-order valence-corrected chi connectivity index (χ2v) is 10.9. The Balaban J connectivity index is 2.34. The number of hydrogen-bond donors (Lipinski definition) is 1. The SMILES string of the molecule is O=C(O)C1(C2C=CN(S(=O)(=O)C(F)(F)F)c3ncn(S(=O)(=O)C(F)(F)F)c32)CCCCC1. The summed E-state index contributed by atoms with van der Waals surface area (Å²) in [6.45, 7) is 0. The fourth-order valence-corrected chi connectivity index (χ4v) is 5.67. The van der Waals surface area contributed by atoms with Gasteiger partial charge in [0.05, 0.1) is 11.1 Å². The van der Waals surface area contributed by atoms with E-state index >= 15 is 0 Å². The third-order valence-electron chi connectivity index (χ3n) is 5.54. The molecule has 2 heterocycles. The molecule has 1 aromatic rings. The van der Waals surface area contributed by atoms with Crippen molar-refractivity contribution in [1.29, 1.82) is 0 Å². The van der Waals surface area contributed by atoms with E-state index in [1.165, 1.54) is 0 Å². The van der Waals surface area contributed by atoms with Crippen molar-refractivity contribution in [2.24, 2.45) is 5.41 Å². The van der Waals surface area contributed by atoms with Crippen LogP contribution >= 0.6 is 0 Å². The highest BCUT2D eigenvalue weighted by Gasteiger charge is 2.57. The van der Waals surface area contributed by atoms with E-state index < -0.39 is 68.2 Å². The molecule has 0 radical (unpaired) electrons. The van der Waals surface area contributed by atoms with Crippen molar-refractivity contribution < 1.29 is 53.1 Å². The molecule has 1 saturated carbocycles. The van der Waals surface area contributed by atoms with Crippen LogP contribution in [0, 0.1) is 5.41 Å². The number of sulfonamides is 1. The lowest BCUT2D eigenvalue weighted by Crippen LogP contribution is -2.45. The van der Waals surface area contributed by atoms with E-state index in [-0.39, 0.29) is 19.2 Å². The smallest absolute Gasteiger partial charge is 0.481 e. The molecule has 17 heteroatoms. The van der Waals surface area contributed by atoms with Gasteiger partial charge in [0.1, 0.15) is 6.33 Å². The maximum Gasteiger partial charge on any atom is 0.517 e. The van der Waals surface area contributed by atoms with Crippen LogP contribution in [0.5, 0.6) is 0 Å². The quantitative estimate of drug-likeness (QED) is 0.616. The van der Waals surface area contributed by atoms with Crippen LogP contribution in [-0.2, 0) is 24.8 Å². The number of anilines is 1. The van der Waals surface area contributed by atoms with Crippen molar-refractivity contribution in [2.45, 2.75) is 49.0 Å². The summed E-state index contributed by atoms with van der Waals surface area (Å²) in [5.41, 5.74) is -14.8. The van der Waals surface area contributed by atoms with Crippen molar-refractivity contribution >= 4 is 31.8 Å². The number of carbonyl (C=O) groups is 1. The second-order valence-electron chi connectivity index (χ2n) is 7.29. The minimum absolute atomic E-state index is 0.0186. The molecular formula is C15H15F6N3O6S2. The monoisotopic (exact) mass is 511 g/mol. The van der Waals surface area contributed by atoms with Gasteiger partial charge in [-0.2, -0.15) is 43.2 Å². The highest BCUT2D eigenvalue weighted by atomic mass is 32.2. The van der Waals surface area contributed by atoms with Crippen molar-refractivity contribution in [3.63, 3.8) is 0 Å². The van der Waals surface area contributed by atoms with Gasteiger partial charge in [-0.15, -0.1) is 0 Å². The first-order valence-corrected chi connectivity index (χ1v) is 11.8. The molecule has 9 nitrogen and oxygen atoms in total. The molecule has 1 fully saturated rings. The van der Waals surface area contributed by atoms with Gasteiger partial charge < -0.3 is 5.11 Å². The lowest BCUT2D eigenvalue weighted by Gasteiger charge is -2.41. The summed E-state index contributed by atoms with van der Waals surface area (Å²) < 4.78 is 126. The van der Waals surface area contributed by atoms with Crippen molar-refractivity contribution in [1.82, 2.24) is 8.96 Å². The van der Waals surface area contributed by atoms with Gasteiger partial charge in [0, 0.05) is 12.1 Å². The largest absolute Gasteiger partial charge is 0.517 e. The first kappa shape index (κ1) is 24.3. The number of carboxylic acids is 1. The average Bonchev–Trinajstić information content (AvgIpc) is 3.11. The number of rotatable bonds is 4. The third kappa shape index (κ3) is 3.45. The Hall–Kier alpha value is -2.30. The van der Waals surface area contributed by atoms with Crippen LogP contribution in [0.1, 0.15) is 43.7 Å². The summed E-state index contributed by atoms with van der Waals surface area (Å²) in [6, 6.07) is 0. The number of aromatic nitrogens is 2. The highest BCUT2D eigenvalue weighted by Crippen LogP contribution is 2.53. The van der Waals surface area contributed by atoms with Gasteiger partial charge in [0.15, 0.2) is 5.82 Å². The molecule has 0 saturated heterocycles. The molecule has 180 valence electrons. The van der Waals surface area contributed by atoms with Crippen LogP contribution in [0.2, 0.25) is 0 Å². The normalized spacial score (nSPS) is 21.9. The third-order valence-corrected chi connectivity index (χ3v) is 8.33. The van der Waals surface area contributed by atoms with E-state index in [0.717, 1.165) is 0 Å². The molecule has 0 amide bonds. The topological polar surface area (TPSA) is 127 Å². The number of carboxylic acid groups (broad SMARTS) is 1. The molecule has 1 atom stereocenters. The average molecular weight is 511 g/mol.